The van der Waals surface area contributed by atoms with Crippen LogP contribution < -0.4 is 10.2 Å². The molecule has 0 bridgehead atoms. The van der Waals surface area contributed by atoms with E-state index in [0.29, 0.717) is 5.75 Å². The number of hydroxylamine groups is 1. The highest BCUT2D eigenvalue weighted by Crippen LogP contribution is 2.13. The monoisotopic (exact) mass is 289 g/mol. The van der Waals surface area contributed by atoms with Gasteiger partial charge in [-0.3, -0.25) is 9.63 Å². The lowest BCUT2D eigenvalue weighted by atomic mass is 10.2. The van der Waals surface area contributed by atoms with E-state index in [1.165, 1.54) is 18.2 Å². The van der Waals surface area contributed by atoms with Gasteiger partial charge in [0.15, 0.2) is 6.10 Å². The zero-order chi connectivity index (χ0) is 15.1. The first-order valence-electron chi connectivity index (χ1n) is 6.53. The van der Waals surface area contributed by atoms with Crippen LogP contribution in [-0.2, 0) is 16.2 Å². The number of carbonyl (C=O) groups is 1. The minimum absolute atomic E-state index is 0.263. The van der Waals surface area contributed by atoms with Crippen molar-refractivity contribution in [2.75, 3.05) is 0 Å². The summed E-state index contributed by atoms with van der Waals surface area (Å²) in [5.41, 5.74) is 3.25. The van der Waals surface area contributed by atoms with E-state index < -0.39 is 17.8 Å². The maximum absolute atomic E-state index is 13.0. The molecule has 110 valence electrons. The van der Waals surface area contributed by atoms with Crippen molar-refractivity contribution < 1.29 is 18.8 Å². The van der Waals surface area contributed by atoms with E-state index >= 15 is 0 Å². The standard InChI is InChI=1S/C16H16FNO3/c1-12(21-15-9-5-8-14(17)10-15)16(19)18-20-11-13-6-3-2-4-7-13/h2-10,12H,11H2,1H3,(H,18,19)/t12-/m1/s1. The second-order valence-electron chi connectivity index (χ2n) is 4.46. The van der Waals surface area contributed by atoms with Crippen LogP contribution in [-0.4, -0.2) is 12.0 Å². The molecule has 0 aliphatic carbocycles. The number of hydrogen-bond acceptors (Lipinski definition) is 3. The third-order valence-electron chi connectivity index (χ3n) is 2.73. The molecule has 0 heterocycles. The van der Waals surface area contributed by atoms with E-state index in [0.717, 1.165) is 5.56 Å². The number of ether oxygens (including phenoxy) is 1. The quantitative estimate of drug-likeness (QED) is 0.832. The summed E-state index contributed by atoms with van der Waals surface area (Å²) in [7, 11) is 0. The molecule has 2 rings (SSSR count). The van der Waals surface area contributed by atoms with Crippen LogP contribution in [0.1, 0.15) is 12.5 Å². The summed E-state index contributed by atoms with van der Waals surface area (Å²) in [5.74, 6) is -0.559. The molecule has 1 atom stereocenters. The van der Waals surface area contributed by atoms with Crippen LogP contribution in [0.3, 0.4) is 0 Å². The lowest BCUT2D eigenvalue weighted by Crippen LogP contribution is -2.36. The molecule has 21 heavy (non-hydrogen) atoms. The fraction of sp³-hybridized carbons (Fsp3) is 0.188. The van der Waals surface area contributed by atoms with Crippen LogP contribution >= 0.6 is 0 Å². The number of halogens is 1. The molecule has 1 amide bonds. The average molecular weight is 289 g/mol. The summed E-state index contributed by atoms with van der Waals surface area (Å²) >= 11 is 0. The van der Waals surface area contributed by atoms with Crippen molar-refractivity contribution in [3.05, 3.63) is 66.0 Å². The molecule has 0 aliphatic heterocycles. The summed E-state index contributed by atoms with van der Waals surface area (Å²) in [6, 6.07) is 15.1. The fourth-order valence-corrected chi connectivity index (χ4v) is 1.65. The number of carbonyl (C=O) groups excluding carboxylic acids is 1. The van der Waals surface area contributed by atoms with Crippen LogP contribution in [0.25, 0.3) is 0 Å². The third kappa shape index (κ3) is 4.89. The Morgan fingerprint density at radius 1 is 1.19 bits per heavy atom. The zero-order valence-corrected chi connectivity index (χ0v) is 11.6. The van der Waals surface area contributed by atoms with Crippen molar-refractivity contribution in [3.8, 4) is 5.75 Å². The first-order valence-corrected chi connectivity index (χ1v) is 6.53. The van der Waals surface area contributed by atoms with Crippen molar-refractivity contribution in [2.24, 2.45) is 0 Å². The lowest BCUT2D eigenvalue weighted by Gasteiger charge is -2.14. The Balaban J connectivity index is 1.77. The van der Waals surface area contributed by atoms with Gasteiger partial charge in [0.2, 0.25) is 0 Å². The summed E-state index contributed by atoms with van der Waals surface area (Å²) in [6.07, 6.45) is -0.789. The molecule has 0 fully saturated rings. The number of hydrogen-bond donors (Lipinski definition) is 1. The smallest absolute Gasteiger partial charge is 0.284 e. The first-order chi connectivity index (χ1) is 10.1. The third-order valence-corrected chi connectivity index (χ3v) is 2.73. The van der Waals surface area contributed by atoms with Gasteiger partial charge in [-0.1, -0.05) is 36.4 Å². The van der Waals surface area contributed by atoms with Gasteiger partial charge in [0.25, 0.3) is 5.91 Å². The Bertz CT molecular complexity index is 589. The predicted molar refractivity (Wildman–Crippen MR) is 75.9 cm³/mol. The molecule has 0 aromatic heterocycles. The highest BCUT2D eigenvalue weighted by atomic mass is 19.1. The maximum Gasteiger partial charge on any atom is 0.284 e. The van der Waals surface area contributed by atoms with Gasteiger partial charge in [-0.15, -0.1) is 0 Å². The maximum atomic E-state index is 13.0. The second-order valence-corrected chi connectivity index (χ2v) is 4.46. The molecule has 0 saturated carbocycles. The molecule has 0 radical (unpaired) electrons. The molecule has 1 N–H and O–H groups in total. The molecular formula is C16H16FNO3. The van der Waals surface area contributed by atoms with Gasteiger partial charge in [0.05, 0.1) is 6.61 Å². The van der Waals surface area contributed by atoms with Crippen molar-refractivity contribution >= 4 is 5.91 Å². The van der Waals surface area contributed by atoms with Crippen LogP contribution in [0.15, 0.2) is 54.6 Å². The Labute approximate surface area is 122 Å². The van der Waals surface area contributed by atoms with Gasteiger partial charge < -0.3 is 4.74 Å². The van der Waals surface area contributed by atoms with E-state index in [-0.39, 0.29) is 6.61 Å². The van der Waals surface area contributed by atoms with Crippen LogP contribution in [0, 0.1) is 5.82 Å². The zero-order valence-electron chi connectivity index (χ0n) is 11.6. The van der Waals surface area contributed by atoms with Crippen LogP contribution in [0.5, 0.6) is 5.75 Å². The van der Waals surface area contributed by atoms with Gasteiger partial charge in [0.1, 0.15) is 11.6 Å². The van der Waals surface area contributed by atoms with E-state index in [1.807, 2.05) is 30.3 Å². The summed E-state index contributed by atoms with van der Waals surface area (Å²) in [6.45, 7) is 1.82. The van der Waals surface area contributed by atoms with Crippen molar-refractivity contribution in [1.82, 2.24) is 5.48 Å². The number of nitrogens with one attached hydrogen (secondary N) is 1. The fourth-order valence-electron chi connectivity index (χ4n) is 1.65. The van der Waals surface area contributed by atoms with Gasteiger partial charge in [-0.25, -0.2) is 9.87 Å². The van der Waals surface area contributed by atoms with Gasteiger partial charge in [-0.05, 0) is 24.6 Å². The van der Waals surface area contributed by atoms with Crippen LogP contribution in [0.2, 0.25) is 0 Å². The lowest BCUT2D eigenvalue weighted by molar-refractivity contribution is -0.141. The Kier molecular flexibility index (Phi) is 5.29. The Morgan fingerprint density at radius 2 is 1.95 bits per heavy atom. The van der Waals surface area contributed by atoms with Gasteiger partial charge in [0, 0.05) is 6.07 Å². The van der Waals surface area contributed by atoms with E-state index in [9.17, 15) is 9.18 Å². The topological polar surface area (TPSA) is 47.6 Å². The average Bonchev–Trinajstić information content (AvgIpc) is 2.48. The molecule has 4 nitrogen and oxygen atoms in total. The summed E-state index contributed by atoms with van der Waals surface area (Å²) in [4.78, 5) is 16.9. The van der Waals surface area contributed by atoms with Crippen molar-refractivity contribution in [2.45, 2.75) is 19.6 Å². The van der Waals surface area contributed by atoms with Crippen molar-refractivity contribution in [3.63, 3.8) is 0 Å². The van der Waals surface area contributed by atoms with E-state index in [1.54, 1.807) is 13.0 Å². The molecule has 2 aromatic rings. The van der Waals surface area contributed by atoms with E-state index in [4.69, 9.17) is 9.57 Å². The minimum atomic E-state index is -0.789. The SMILES string of the molecule is C[C@@H](Oc1cccc(F)c1)C(=O)NOCc1ccccc1. The Morgan fingerprint density at radius 3 is 2.67 bits per heavy atom. The number of benzene rings is 2. The molecule has 0 spiro atoms. The molecule has 0 unspecified atom stereocenters. The Hall–Kier alpha value is -2.40. The van der Waals surface area contributed by atoms with Crippen LogP contribution in [0.4, 0.5) is 4.39 Å². The van der Waals surface area contributed by atoms with E-state index in [2.05, 4.69) is 5.48 Å². The highest BCUT2D eigenvalue weighted by molar-refractivity contribution is 5.79. The highest BCUT2D eigenvalue weighted by Gasteiger charge is 2.14. The molecule has 0 aliphatic rings. The largest absolute Gasteiger partial charge is 0.481 e. The normalized spacial score (nSPS) is 11.7. The number of rotatable bonds is 6. The first kappa shape index (κ1) is 15.0. The van der Waals surface area contributed by atoms with Gasteiger partial charge in [-0.2, -0.15) is 0 Å². The molecule has 2 aromatic carbocycles. The molecular weight excluding hydrogens is 273 g/mol. The summed E-state index contributed by atoms with van der Waals surface area (Å²) in [5, 5.41) is 0. The molecule has 0 saturated heterocycles. The minimum Gasteiger partial charge on any atom is -0.481 e. The second kappa shape index (κ2) is 7.40. The van der Waals surface area contributed by atoms with Gasteiger partial charge >= 0.3 is 0 Å². The summed E-state index contributed by atoms with van der Waals surface area (Å²) < 4.78 is 18.3. The van der Waals surface area contributed by atoms with Crippen molar-refractivity contribution in [1.29, 1.82) is 0 Å². The number of amides is 1. The predicted octanol–water partition coefficient (Wildman–Crippen LogP) is 2.84. The molecule has 5 heteroatoms.